The van der Waals surface area contributed by atoms with Gasteiger partial charge in [0.1, 0.15) is 0 Å². The molecule has 1 atom stereocenters. The molecule has 3 heteroatoms. The van der Waals surface area contributed by atoms with E-state index in [0.29, 0.717) is 6.04 Å². The van der Waals surface area contributed by atoms with Crippen molar-refractivity contribution in [2.24, 2.45) is 0 Å². The van der Waals surface area contributed by atoms with Gasteiger partial charge in [-0.15, -0.1) is 0 Å². The Morgan fingerprint density at radius 1 is 1.22 bits per heavy atom. The van der Waals surface area contributed by atoms with E-state index in [9.17, 15) is 0 Å². The summed E-state index contributed by atoms with van der Waals surface area (Å²) >= 11 is 5.89. The second kappa shape index (κ2) is 7.13. The topological polar surface area (TPSA) is 15.3 Å². The first-order valence-electron chi connectivity index (χ1n) is 6.98. The molecule has 1 N–H and O–H groups in total. The SMILES string of the molecule is CCN1CCCC(NCc2ccc(Cl)cc2)CC1. The lowest BCUT2D eigenvalue weighted by Crippen LogP contribution is -2.30. The van der Waals surface area contributed by atoms with Gasteiger partial charge in [0.15, 0.2) is 0 Å². The molecule has 1 unspecified atom stereocenters. The van der Waals surface area contributed by atoms with Crippen LogP contribution in [-0.2, 0) is 6.54 Å². The van der Waals surface area contributed by atoms with E-state index in [1.54, 1.807) is 0 Å². The average molecular weight is 267 g/mol. The Hall–Kier alpha value is -0.570. The third-order valence-corrected chi connectivity index (χ3v) is 4.03. The molecular formula is C15H23ClN2. The molecule has 2 nitrogen and oxygen atoms in total. The van der Waals surface area contributed by atoms with Gasteiger partial charge in [-0.3, -0.25) is 0 Å². The smallest absolute Gasteiger partial charge is 0.0406 e. The van der Waals surface area contributed by atoms with Crippen LogP contribution in [0.2, 0.25) is 5.02 Å². The van der Waals surface area contributed by atoms with E-state index in [1.165, 1.54) is 44.5 Å². The third-order valence-electron chi connectivity index (χ3n) is 3.78. The standard InChI is InChI=1S/C15H23ClN2/c1-2-18-10-3-4-15(9-11-18)17-12-13-5-7-14(16)8-6-13/h5-8,15,17H,2-4,9-12H2,1H3. The highest BCUT2D eigenvalue weighted by Gasteiger charge is 2.15. The van der Waals surface area contributed by atoms with Gasteiger partial charge >= 0.3 is 0 Å². The fraction of sp³-hybridized carbons (Fsp3) is 0.600. The van der Waals surface area contributed by atoms with E-state index in [-0.39, 0.29) is 0 Å². The molecule has 0 aliphatic carbocycles. The van der Waals surface area contributed by atoms with Crippen molar-refractivity contribution in [3.8, 4) is 0 Å². The van der Waals surface area contributed by atoms with Gasteiger partial charge in [-0.2, -0.15) is 0 Å². The van der Waals surface area contributed by atoms with Crippen molar-refractivity contribution >= 4 is 11.6 Å². The van der Waals surface area contributed by atoms with Gasteiger partial charge in [0.05, 0.1) is 0 Å². The van der Waals surface area contributed by atoms with Crippen LogP contribution in [-0.4, -0.2) is 30.6 Å². The Morgan fingerprint density at radius 2 is 2.00 bits per heavy atom. The zero-order valence-corrected chi connectivity index (χ0v) is 11.9. The molecule has 0 amide bonds. The van der Waals surface area contributed by atoms with Crippen LogP contribution in [0.15, 0.2) is 24.3 Å². The lowest BCUT2D eigenvalue weighted by Gasteiger charge is -2.18. The fourth-order valence-corrected chi connectivity index (χ4v) is 2.67. The van der Waals surface area contributed by atoms with Crippen LogP contribution >= 0.6 is 11.6 Å². The molecule has 1 heterocycles. The third kappa shape index (κ3) is 4.27. The van der Waals surface area contributed by atoms with Crippen molar-refractivity contribution in [2.75, 3.05) is 19.6 Å². The zero-order chi connectivity index (χ0) is 12.8. The Labute approximate surface area is 115 Å². The van der Waals surface area contributed by atoms with Crippen molar-refractivity contribution in [1.29, 1.82) is 0 Å². The first kappa shape index (κ1) is 13.9. The summed E-state index contributed by atoms with van der Waals surface area (Å²) in [6.07, 6.45) is 3.87. The van der Waals surface area contributed by atoms with E-state index in [2.05, 4.69) is 29.3 Å². The lowest BCUT2D eigenvalue weighted by molar-refractivity contribution is 0.297. The molecule has 100 valence electrons. The molecule has 0 radical (unpaired) electrons. The molecule has 1 aromatic rings. The number of benzene rings is 1. The monoisotopic (exact) mass is 266 g/mol. The lowest BCUT2D eigenvalue weighted by atomic mass is 10.1. The van der Waals surface area contributed by atoms with Crippen LogP contribution in [0, 0.1) is 0 Å². The maximum Gasteiger partial charge on any atom is 0.0406 e. The van der Waals surface area contributed by atoms with E-state index in [4.69, 9.17) is 11.6 Å². The maximum atomic E-state index is 5.89. The van der Waals surface area contributed by atoms with Crippen LogP contribution in [0.1, 0.15) is 31.7 Å². The Bertz CT molecular complexity index is 350. The van der Waals surface area contributed by atoms with Crippen LogP contribution in [0.3, 0.4) is 0 Å². The van der Waals surface area contributed by atoms with Crippen molar-refractivity contribution in [3.63, 3.8) is 0 Å². The summed E-state index contributed by atoms with van der Waals surface area (Å²) in [6, 6.07) is 8.79. The van der Waals surface area contributed by atoms with Gasteiger partial charge in [0.2, 0.25) is 0 Å². The number of halogens is 1. The molecule has 0 spiro atoms. The fourth-order valence-electron chi connectivity index (χ4n) is 2.54. The maximum absolute atomic E-state index is 5.89. The average Bonchev–Trinajstić information content (AvgIpc) is 2.63. The Morgan fingerprint density at radius 3 is 2.72 bits per heavy atom. The molecule has 0 saturated carbocycles. The van der Waals surface area contributed by atoms with Gasteiger partial charge in [-0.1, -0.05) is 30.7 Å². The zero-order valence-electron chi connectivity index (χ0n) is 11.2. The molecule has 1 aromatic carbocycles. The molecule has 1 fully saturated rings. The summed E-state index contributed by atoms with van der Waals surface area (Å²) < 4.78 is 0. The predicted octanol–water partition coefficient (Wildman–Crippen LogP) is 3.30. The summed E-state index contributed by atoms with van der Waals surface area (Å²) in [5, 5.41) is 4.48. The summed E-state index contributed by atoms with van der Waals surface area (Å²) in [6.45, 7) is 6.88. The molecule has 18 heavy (non-hydrogen) atoms. The van der Waals surface area contributed by atoms with E-state index < -0.39 is 0 Å². The van der Waals surface area contributed by atoms with Gasteiger partial charge in [-0.25, -0.2) is 0 Å². The van der Waals surface area contributed by atoms with E-state index >= 15 is 0 Å². The molecular weight excluding hydrogens is 244 g/mol. The van der Waals surface area contributed by atoms with Gasteiger partial charge in [0.25, 0.3) is 0 Å². The van der Waals surface area contributed by atoms with Gasteiger partial charge in [-0.05, 0) is 56.6 Å². The predicted molar refractivity (Wildman–Crippen MR) is 78.0 cm³/mol. The van der Waals surface area contributed by atoms with Gasteiger partial charge in [0, 0.05) is 17.6 Å². The van der Waals surface area contributed by atoms with E-state index in [0.717, 1.165) is 11.6 Å². The van der Waals surface area contributed by atoms with Crippen molar-refractivity contribution < 1.29 is 0 Å². The molecule has 2 rings (SSSR count). The molecule has 1 aliphatic heterocycles. The summed E-state index contributed by atoms with van der Waals surface area (Å²) in [5.41, 5.74) is 1.32. The van der Waals surface area contributed by atoms with E-state index in [1.807, 2.05) is 12.1 Å². The highest BCUT2D eigenvalue weighted by Crippen LogP contribution is 2.13. The summed E-state index contributed by atoms with van der Waals surface area (Å²) in [4.78, 5) is 2.55. The minimum Gasteiger partial charge on any atom is -0.310 e. The number of hydrogen-bond donors (Lipinski definition) is 1. The van der Waals surface area contributed by atoms with Crippen LogP contribution in [0.25, 0.3) is 0 Å². The molecule has 0 aromatic heterocycles. The number of rotatable bonds is 4. The first-order chi connectivity index (χ1) is 8.78. The van der Waals surface area contributed by atoms with Crippen molar-refractivity contribution in [3.05, 3.63) is 34.9 Å². The number of likely N-dealkylation sites (tertiary alicyclic amines) is 1. The first-order valence-corrected chi connectivity index (χ1v) is 7.36. The molecule has 1 aliphatic rings. The Kier molecular flexibility index (Phi) is 5.48. The minimum atomic E-state index is 0.664. The minimum absolute atomic E-state index is 0.664. The second-order valence-electron chi connectivity index (χ2n) is 5.07. The van der Waals surface area contributed by atoms with Gasteiger partial charge < -0.3 is 10.2 Å². The van der Waals surface area contributed by atoms with Crippen molar-refractivity contribution in [1.82, 2.24) is 10.2 Å². The quantitative estimate of drug-likeness (QED) is 0.900. The highest BCUT2D eigenvalue weighted by atomic mass is 35.5. The number of nitrogens with one attached hydrogen (secondary N) is 1. The molecule has 1 saturated heterocycles. The Balaban J connectivity index is 1.77. The normalized spacial score (nSPS) is 21.8. The largest absolute Gasteiger partial charge is 0.310 e. The number of hydrogen-bond acceptors (Lipinski definition) is 2. The summed E-state index contributed by atoms with van der Waals surface area (Å²) in [5.74, 6) is 0. The molecule has 0 bridgehead atoms. The highest BCUT2D eigenvalue weighted by molar-refractivity contribution is 6.30. The van der Waals surface area contributed by atoms with Crippen LogP contribution in [0.5, 0.6) is 0 Å². The van der Waals surface area contributed by atoms with Crippen molar-refractivity contribution in [2.45, 2.75) is 38.8 Å². The summed E-state index contributed by atoms with van der Waals surface area (Å²) in [7, 11) is 0. The second-order valence-corrected chi connectivity index (χ2v) is 5.51. The van der Waals surface area contributed by atoms with Crippen LogP contribution < -0.4 is 5.32 Å². The number of nitrogens with zero attached hydrogens (tertiary/aromatic N) is 1. The van der Waals surface area contributed by atoms with Crippen LogP contribution in [0.4, 0.5) is 0 Å².